The normalized spacial score (nSPS) is 32.9. The van der Waals surface area contributed by atoms with Crippen molar-refractivity contribution in [2.75, 3.05) is 39.3 Å². The summed E-state index contributed by atoms with van der Waals surface area (Å²) in [5.41, 5.74) is 0.639. The number of nitrogens with zero attached hydrogens (tertiary/aromatic N) is 4. The number of hydrogen-bond acceptors (Lipinski definition) is 5. The van der Waals surface area contributed by atoms with E-state index in [2.05, 4.69) is 15.3 Å². The Balaban J connectivity index is 1.12. The maximum absolute atomic E-state index is 13.7. The Morgan fingerprint density at radius 3 is 2.62 bits per heavy atom. The average Bonchev–Trinajstić information content (AvgIpc) is 3.37. The van der Waals surface area contributed by atoms with Gasteiger partial charge in [-0.3, -0.25) is 4.79 Å². The zero-order valence-electron chi connectivity index (χ0n) is 22.5. The van der Waals surface area contributed by atoms with Gasteiger partial charge in [-0.25, -0.2) is 9.10 Å². The SMILES string of the molecule is O=C(NC1C2CC3CCCC1C(C3)C2)c1cnn(CCCN2CCN(Cl)CC2)c1OCC1CCCCC1. The third-order valence-corrected chi connectivity index (χ3v) is 10.6. The van der Waals surface area contributed by atoms with Gasteiger partial charge in [0.15, 0.2) is 0 Å². The summed E-state index contributed by atoms with van der Waals surface area (Å²) in [7, 11) is 0. The first-order valence-electron chi connectivity index (χ1n) is 15.3. The Labute approximate surface area is 227 Å². The molecule has 1 amide bonds. The first-order valence-corrected chi connectivity index (χ1v) is 15.6. The van der Waals surface area contributed by atoms with Crippen LogP contribution in [-0.4, -0.2) is 70.4 Å². The molecule has 206 valence electrons. The van der Waals surface area contributed by atoms with Crippen LogP contribution >= 0.6 is 11.8 Å². The van der Waals surface area contributed by atoms with Crippen molar-refractivity contribution in [1.29, 1.82) is 0 Å². The van der Waals surface area contributed by atoms with Crippen molar-refractivity contribution in [2.24, 2.45) is 29.6 Å². The lowest BCUT2D eigenvalue weighted by atomic mass is 9.79. The zero-order chi connectivity index (χ0) is 25.2. The highest BCUT2D eigenvalue weighted by molar-refractivity contribution is 6.13. The van der Waals surface area contributed by atoms with Crippen molar-refractivity contribution in [3.05, 3.63) is 11.8 Å². The molecule has 1 aromatic rings. The smallest absolute Gasteiger partial charge is 0.258 e. The highest BCUT2D eigenvalue weighted by Crippen LogP contribution is 2.53. The number of hydrogen-bond donors (Lipinski definition) is 1. The summed E-state index contributed by atoms with van der Waals surface area (Å²) in [5.74, 6) is 4.35. The van der Waals surface area contributed by atoms with E-state index in [9.17, 15) is 4.79 Å². The van der Waals surface area contributed by atoms with E-state index in [-0.39, 0.29) is 5.91 Å². The molecule has 4 saturated carbocycles. The fraction of sp³-hybridized carbons (Fsp3) is 0.862. The first kappa shape index (κ1) is 25.9. The van der Waals surface area contributed by atoms with Crippen molar-refractivity contribution < 1.29 is 9.53 Å². The standard InChI is InChI=1S/C29H46ClN5O2/c30-34-14-12-33(13-15-34)10-5-11-35-29(37-20-21-6-2-1-3-7-21)26(19-31-35)28(36)32-27-24-17-22-8-4-9-25(27)23(16-22)18-24/h19,21-25,27H,1-18,20H2,(H,32,36). The minimum atomic E-state index is 0.0304. The Kier molecular flexibility index (Phi) is 8.29. The third kappa shape index (κ3) is 5.99. The molecule has 5 aliphatic rings. The molecule has 5 atom stereocenters. The van der Waals surface area contributed by atoms with Gasteiger partial charge < -0.3 is 15.0 Å². The molecule has 0 radical (unpaired) electrons. The number of aryl methyl sites for hydroxylation is 1. The van der Waals surface area contributed by atoms with Crippen LogP contribution in [-0.2, 0) is 6.54 Å². The maximum atomic E-state index is 13.7. The summed E-state index contributed by atoms with van der Waals surface area (Å²) in [5, 5.41) is 8.21. The minimum Gasteiger partial charge on any atom is -0.477 e. The molecule has 1 aromatic heterocycles. The molecule has 2 heterocycles. The predicted molar refractivity (Wildman–Crippen MR) is 146 cm³/mol. The van der Waals surface area contributed by atoms with E-state index >= 15 is 0 Å². The molecule has 1 saturated heterocycles. The van der Waals surface area contributed by atoms with Crippen molar-refractivity contribution in [3.8, 4) is 5.88 Å². The first-order chi connectivity index (χ1) is 18.1. The van der Waals surface area contributed by atoms with E-state index in [1.54, 1.807) is 6.20 Å². The number of halogens is 1. The minimum absolute atomic E-state index is 0.0304. The lowest BCUT2D eigenvalue weighted by Crippen LogP contribution is -2.42. The quantitative estimate of drug-likeness (QED) is 0.457. The second kappa shape index (κ2) is 11.8. The van der Waals surface area contributed by atoms with E-state index in [1.807, 2.05) is 9.10 Å². The van der Waals surface area contributed by atoms with Gasteiger partial charge in [0.05, 0.1) is 12.8 Å². The highest BCUT2D eigenvalue weighted by atomic mass is 35.5. The Morgan fingerprint density at radius 1 is 0.973 bits per heavy atom. The Hall–Kier alpha value is -1.31. The summed E-state index contributed by atoms with van der Waals surface area (Å²) >= 11 is 6.12. The Morgan fingerprint density at radius 2 is 1.78 bits per heavy atom. The molecule has 0 spiro atoms. The molecule has 4 aliphatic carbocycles. The maximum Gasteiger partial charge on any atom is 0.258 e. The zero-order valence-corrected chi connectivity index (χ0v) is 23.2. The molecule has 1 aliphatic heterocycles. The molecule has 0 aromatic carbocycles. The van der Waals surface area contributed by atoms with Gasteiger partial charge in [0.1, 0.15) is 5.56 Å². The van der Waals surface area contributed by atoms with E-state index in [1.165, 1.54) is 70.6 Å². The molecule has 7 nitrogen and oxygen atoms in total. The fourth-order valence-corrected chi connectivity index (χ4v) is 8.50. The van der Waals surface area contributed by atoms with Crippen LogP contribution in [0.4, 0.5) is 0 Å². The van der Waals surface area contributed by atoms with Gasteiger partial charge in [0.2, 0.25) is 5.88 Å². The molecular weight excluding hydrogens is 486 g/mol. The lowest BCUT2D eigenvalue weighted by Gasteiger charge is -2.30. The van der Waals surface area contributed by atoms with Gasteiger partial charge in [-0.15, -0.1) is 0 Å². The van der Waals surface area contributed by atoms with Gasteiger partial charge in [0.25, 0.3) is 5.91 Å². The van der Waals surface area contributed by atoms with Crippen LogP contribution in [0.15, 0.2) is 6.20 Å². The lowest BCUT2D eigenvalue weighted by molar-refractivity contribution is 0.0900. The van der Waals surface area contributed by atoms with Crippen LogP contribution < -0.4 is 10.1 Å². The number of amides is 1. The number of ether oxygens (including phenoxy) is 1. The van der Waals surface area contributed by atoms with Crippen molar-refractivity contribution >= 4 is 17.7 Å². The van der Waals surface area contributed by atoms with Crippen LogP contribution in [0, 0.1) is 29.6 Å². The molecule has 37 heavy (non-hydrogen) atoms. The number of nitrogens with one attached hydrogen (secondary N) is 1. The number of piperazine rings is 1. The second-order valence-corrected chi connectivity index (χ2v) is 13.2. The molecule has 1 N–H and O–H groups in total. The fourth-order valence-electron chi connectivity index (χ4n) is 8.35. The number of carbonyl (C=O) groups is 1. The van der Waals surface area contributed by atoms with Crippen molar-refractivity contribution in [3.63, 3.8) is 0 Å². The predicted octanol–water partition coefficient (Wildman–Crippen LogP) is 4.95. The van der Waals surface area contributed by atoms with E-state index in [0.29, 0.717) is 41.8 Å². The number of fused-ring (bicyclic) bond motifs is 2. The summed E-state index contributed by atoms with van der Waals surface area (Å²) in [6, 6.07) is 0.331. The third-order valence-electron chi connectivity index (χ3n) is 10.3. The summed E-state index contributed by atoms with van der Waals surface area (Å²) in [4.78, 5) is 16.2. The average molecular weight is 532 g/mol. The van der Waals surface area contributed by atoms with Gasteiger partial charge in [-0.05, 0) is 86.3 Å². The number of aromatic nitrogens is 2. The van der Waals surface area contributed by atoms with Gasteiger partial charge in [-0.2, -0.15) is 5.10 Å². The summed E-state index contributed by atoms with van der Waals surface area (Å²) < 4.78 is 10.3. The molecule has 6 rings (SSSR count). The van der Waals surface area contributed by atoms with Crippen molar-refractivity contribution in [1.82, 2.24) is 24.4 Å². The van der Waals surface area contributed by atoms with E-state index < -0.39 is 0 Å². The van der Waals surface area contributed by atoms with Crippen LogP contribution in [0.2, 0.25) is 0 Å². The van der Waals surface area contributed by atoms with Crippen LogP contribution in [0.5, 0.6) is 5.88 Å². The topological polar surface area (TPSA) is 62.6 Å². The molecular formula is C29H46ClN5O2. The van der Waals surface area contributed by atoms with Gasteiger partial charge >= 0.3 is 0 Å². The highest BCUT2D eigenvalue weighted by Gasteiger charge is 2.49. The second-order valence-electron chi connectivity index (χ2n) is 12.7. The molecule has 3 bridgehead atoms. The monoisotopic (exact) mass is 531 g/mol. The van der Waals surface area contributed by atoms with Crippen LogP contribution in [0.1, 0.15) is 87.4 Å². The van der Waals surface area contributed by atoms with Gasteiger partial charge in [0, 0.05) is 45.3 Å². The summed E-state index contributed by atoms with van der Waals surface area (Å²) in [6.45, 7) is 6.32. The number of carbonyl (C=O) groups excluding carboxylic acids is 1. The molecule has 8 heteroatoms. The van der Waals surface area contributed by atoms with E-state index in [0.717, 1.165) is 57.5 Å². The van der Waals surface area contributed by atoms with Crippen molar-refractivity contribution in [2.45, 2.75) is 89.6 Å². The van der Waals surface area contributed by atoms with E-state index in [4.69, 9.17) is 16.5 Å². The summed E-state index contributed by atoms with van der Waals surface area (Å²) in [6.07, 6.45) is 17.2. The molecule has 5 fully saturated rings. The Bertz CT molecular complexity index is 910. The number of rotatable bonds is 9. The van der Waals surface area contributed by atoms with Gasteiger partial charge in [-0.1, -0.05) is 32.1 Å². The largest absolute Gasteiger partial charge is 0.477 e. The van der Waals surface area contributed by atoms with Crippen LogP contribution in [0.3, 0.4) is 0 Å². The molecule has 5 unspecified atom stereocenters. The van der Waals surface area contributed by atoms with Crippen LogP contribution in [0.25, 0.3) is 0 Å².